The molecule has 3 rings (SSSR count). The number of carbonyl (C=O) groups excluding carboxylic acids is 1. The van der Waals surface area contributed by atoms with E-state index in [9.17, 15) is 10.1 Å². The molecule has 2 aromatic rings. The molecular weight excluding hydrogens is 406 g/mol. The topological polar surface area (TPSA) is 84.7 Å². The number of ether oxygens (including phenoxy) is 3. The molecule has 1 aromatic carbocycles. The van der Waals surface area contributed by atoms with E-state index in [-0.39, 0.29) is 12.0 Å². The Balaban J connectivity index is 1.80. The van der Waals surface area contributed by atoms with E-state index in [2.05, 4.69) is 18.8 Å². The maximum absolute atomic E-state index is 12.8. The van der Waals surface area contributed by atoms with Gasteiger partial charge in [-0.25, -0.2) is 4.79 Å². The van der Waals surface area contributed by atoms with Crippen LogP contribution in [0.1, 0.15) is 56.3 Å². The first-order valence-corrected chi connectivity index (χ1v) is 10.8. The molecule has 2 heterocycles. The Bertz CT molecular complexity index is 1030. The fraction of sp³-hybridized carbons (Fsp3) is 0.480. The quantitative estimate of drug-likeness (QED) is 0.634. The molecule has 1 aromatic heterocycles. The van der Waals surface area contributed by atoms with Crippen LogP contribution >= 0.6 is 0 Å². The van der Waals surface area contributed by atoms with Crippen molar-refractivity contribution in [1.82, 2.24) is 9.88 Å². The lowest BCUT2D eigenvalue weighted by Gasteiger charge is -2.40. The van der Waals surface area contributed by atoms with Crippen molar-refractivity contribution in [3.8, 4) is 17.6 Å². The maximum Gasteiger partial charge on any atom is 0.411 e. The standard InChI is InChI=1S/C25H31N3O4/c1-16(2)23-20-9-8-19(31-14-21-22(30-6)10-7-17(3)27-21)13-18(20)11-12-28(23)24(29)32-25(4,5)15-26/h7-10,13,16,23H,11-12,14H2,1-6H3/t23-/m0/s1. The lowest BCUT2D eigenvalue weighted by Crippen LogP contribution is -2.45. The minimum absolute atomic E-state index is 0.131. The molecule has 1 aliphatic heterocycles. The summed E-state index contributed by atoms with van der Waals surface area (Å²) in [7, 11) is 1.62. The normalized spacial score (nSPS) is 15.7. The third-order valence-corrected chi connectivity index (χ3v) is 5.54. The van der Waals surface area contributed by atoms with Gasteiger partial charge in [0.1, 0.15) is 29.9 Å². The Labute approximate surface area is 189 Å². The lowest BCUT2D eigenvalue weighted by atomic mass is 9.86. The molecule has 0 saturated heterocycles. The molecule has 32 heavy (non-hydrogen) atoms. The number of nitrogens with zero attached hydrogens (tertiary/aromatic N) is 3. The van der Waals surface area contributed by atoms with Crippen LogP contribution in [0, 0.1) is 24.2 Å². The number of amides is 1. The van der Waals surface area contributed by atoms with Gasteiger partial charge in [-0.2, -0.15) is 5.26 Å². The van der Waals surface area contributed by atoms with Crippen LogP contribution in [0.15, 0.2) is 30.3 Å². The SMILES string of the molecule is COc1ccc(C)nc1COc1ccc2c(c1)CCN(C(=O)OC(C)(C)C#N)[C@H]2C(C)C. The van der Waals surface area contributed by atoms with Crippen molar-refractivity contribution in [3.05, 3.63) is 52.8 Å². The molecule has 0 radical (unpaired) electrons. The Morgan fingerprint density at radius 2 is 2.06 bits per heavy atom. The third-order valence-electron chi connectivity index (χ3n) is 5.54. The summed E-state index contributed by atoms with van der Waals surface area (Å²) in [6.45, 7) is 10.1. The van der Waals surface area contributed by atoms with Gasteiger partial charge in [0.15, 0.2) is 5.60 Å². The van der Waals surface area contributed by atoms with Crippen LogP contribution in [0.2, 0.25) is 0 Å². The van der Waals surface area contributed by atoms with Crippen molar-refractivity contribution in [3.63, 3.8) is 0 Å². The van der Waals surface area contributed by atoms with Gasteiger partial charge in [-0.15, -0.1) is 0 Å². The summed E-state index contributed by atoms with van der Waals surface area (Å²) in [5, 5.41) is 9.21. The monoisotopic (exact) mass is 437 g/mol. The van der Waals surface area contributed by atoms with Crippen LogP contribution in [0.4, 0.5) is 4.79 Å². The van der Waals surface area contributed by atoms with Crippen molar-refractivity contribution in [2.75, 3.05) is 13.7 Å². The van der Waals surface area contributed by atoms with Crippen molar-refractivity contribution in [2.45, 2.75) is 59.3 Å². The minimum atomic E-state index is -1.17. The van der Waals surface area contributed by atoms with Crippen LogP contribution in [0.3, 0.4) is 0 Å². The molecule has 0 unspecified atom stereocenters. The molecule has 0 N–H and O–H groups in total. The maximum atomic E-state index is 12.8. The largest absolute Gasteiger partial charge is 0.495 e. The molecule has 7 nitrogen and oxygen atoms in total. The van der Waals surface area contributed by atoms with Gasteiger partial charge in [-0.1, -0.05) is 19.9 Å². The molecule has 0 aliphatic carbocycles. The van der Waals surface area contributed by atoms with Crippen molar-refractivity contribution >= 4 is 6.09 Å². The molecule has 0 bridgehead atoms. The van der Waals surface area contributed by atoms with Gasteiger partial charge in [-0.05, 0) is 68.5 Å². The molecule has 7 heteroatoms. The van der Waals surface area contributed by atoms with Crippen LogP contribution in [0.5, 0.6) is 11.5 Å². The van der Waals surface area contributed by atoms with Crippen LogP contribution < -0.4 is 9.47 Å². The van der Waals surface area contributed by atoms with Crippen LogP contribution in [0.25, 0.3) is 0 Å². The zero-order chi connectivity index (χ0) is 23.5. The molecule has 0 saturated carbocycles. The van der Waals surface area contributed by atoms with E-state index in [0.29, 0.717) is 25.3 Å². The number of fused-ring (bicyclic) bond motifs is 1. The molecule has 170 valence electrons. The molecule has 0 fully saturated rings. The summed E-state index contributed by atoms with van der Waals surface area (Å²) < 4.78 is 16.9. The lowest BCUT2D eigenvalue weighted by molar-refractivity contribution is 0.0255. The number of aromatic nitrogens is 1. The first-order chi connectivity index (χ1) is 15.1. The van der Waals surface area contributed by atoms with E-state index in [4.69, 9.17) is 14.2 Å². The van der Waals surface area contributed by atoms with Crippen LogP contribution in [-0.2, 0) is 17.8 Å². The van der Waals surface area contributed by atoms with Crippen molar-refractivity contribution < 1.29 is 19.0 Å². The zero-order valence-electron chi connectivity index (χ0n) is 19.6. The predicted molar refractivity (Wildman–Crippen MR) is 120 cm³/mol. The first-order valence-electron chi connectivity index (χ1n) is 10.8. The van der Waals surface area contributed by atoms with Crippen molar-refractivity contribution in [1.29, 1.82) is 5.26 Å². The highest BCUT2D eigenvalue weighted by Crippen LogP contribution is 2.37. The van der Waals surface area contributed by atoms with Gasteiger partial charge in [-0.3, -0.25) is 4.98 Å². The third kappa shape index (κ3) is 5.13. The number of nitriles is 1. The highest BCUT2D eigenvalue weighted by atomic mass is 16.6. The average molecular weight is 438 g/mol. The first kappa shape index (κ1) is 23.4. The van der Waals surface area contributed by atoms with E-state index in [1.165, 1.54) is 0 Å². The fourth-order valence-electron chi connectivity index (χ4n) is 3.99. The zero-order valence-corrected chi connectivity index (χ0v) is 19.6. The van der Waals surface area contributed by atoms with E-state index in [1.54, 1.807) is 25.9 Å². The molecule has 1 aliphatic rings. The van der Waals surface area contributed by atoms with Crippen molar-refractivity contribution in [2.24, 2.45) is 5.92 Å². The van der Waals surface area contributed by atoms with Gasteiger partial charge in [0.2, 0.25) is 0 Å². The summed E-state index contributed by atoms with van der Waals surface area (Å²) >= 11 is 0. The van der Waals surface area contributed by atoms with E-state index < -0.39 is 11.7 Å². The predicted octanol–water partition coefficient (Wildman–Crippen LogP) is 4.97. The minimum Gasteiger partial charge on any atom is -0.495 e. The second kappa shape index (κ2) is 9.47. The smallest absolute Gasteiger partial charge is 0.411 e. The highest BCUT2D eigenvalue weighted by molar-refractivity contribution is 5.70. The summed E-state index contributed by atoms with van der Waals surface area (Å²) in [4.78, 5) is 19.1. The van der Waals surface area contributed by atoms with Gasteiger partial charge in [0, 0.05) is 12.2 Å². The molecule has 1 amide bonds. The molecule has 1 atom stereocenters. The van der Waals surface area contributed by atoms with Gasteiger partial charge in [0.05, 0.1) is 13.2 Å². The average Bonchev–Trinajstić information content (AvgIpc) is 2.76. The number of methoxy groups -OCH3 is 1. The second-order valence-corrected chi connectivity index (χ2v) is 8.87. The summed E-state index contributed by atoms with van der Waals surface area (Å²) in [6, 6.07) is 11.7. The number of hydrogen-bond acceptors (Lipinski definition) is 6. The Hall–Kier alpha value is -3.27. The Morgan fingerprint density at radius 3 is 2.72 bits per heavy atom. The van der Waals surface area contributed by atoms with Gasteiger partial charge in [0.25, 0.3) is 0 Å². The number of pyridine rings is 1. The molecule has 0 spiro atoms. The van der Waals surface area contributed by atoms with E-state index in [0.717, 1.165) is 28.3 Å². The van der Waals surface area contributed by atoms with E-state index in [1.807, 2.05) is 43.3 Å². The van der Waals surface area contributed by atoms with E-state index >= 15 is 0 Å². The second-order valence-electron chi connectivity index (χ2n) is 8.87. The van der Waals surface area contributed by atoms with Gasteiger partial charge < -0.3 is 19.1 Å². The fourth-order valence-corrected chi connectivity index (χ4v) is 3.99. The number of rotatable bonds is 6. The van der Waals surface area contributed by atoms with Gasteiger partial charge >= 0.3 is 6.09 Å². The Morgan fingerprint density at radius 1 is 1.31 bits per heavy atom. The molecular formula is C25H31N3O4. The number of aryl methyl sites for hydroxylation is 1. The number of benzene rings is 1. The summed E-state index contributed by atoms with van der Waals surface area (Å²) in [5.74, 6) is 1.63. The number of carbonyl (C=O) groups is 1. The van der Waals surface area contributed by atoms with Crippen LogP contribution in [-0.4, -0.2) is 35.2 Å². The Kier molecular flexibility index (Phi) is 6.93. The highest BCUT2D eigenvalue weighted by Gasteiger charge is 2.36. The number of hydrogen-bond donors (Lipinski definition) is 0. The summed E-state index contributed by atoms with van der Waals surface area (Å²) in [5.41, 5.74) is 2.72. The summed E-state index contributed by atoms with van der Waals surface area (Å²) in [6.07, 6.45) is 0.225.